The molecule has 1 fully saturated rings. The van der Waals surface area contributed by atoms with E-state index in [4.69, 9.17) is 5.10 Å². The Morgan fingerprint density at radius 1 is 0.891 bits per heavy atom. The molecular formula is C34H26F5N3O3S. The molecule has 0 saturated heterocycles. The van der Waals surface area contributed by atoms with Crippen LogP contribution in [0.25, 0.3) is 6.08 Å². The summed E-state index contributed by atoms with van der Waals surface area (Å²) in [6.45, 7) is 0. The highest BCUT2D eigenvalue weighted by molar-refractivity contribution is 7.92. The lowest BCUT2D eigenvalue weighted by molar-refractivity contribution is -0.137. The van der Waals surface area contributed by atoms with Gasteiger partial charge in [-0.25, -0.2) is 22.2 Å². The van der Waals surface area contributed by atoms with E-state index in [0.29, 0.717) is 30.2 Å². The first kappa shape index (κ1) is 31.2. The molecule has 0 radical (unpaired) electrons. The number of halogens is 5. The quantitative estimate of drug-likeness (QED) is 0.214. The van der Waals surface area contributed by atoms with Gasteiger partial charge in [0.1, 0.15) is 11.6 Å². The molecule has 4 aromatic rings. The third-order valence-corrected chi connectivity index (χ3v) is 9.34. The number of benzene rings is 4. The summed E-state index contributed by atoms with van der Waals surface area (Å²) >= 11 is 0. The Hall–Kier alpha value is -4.84. The molecule has 1 N–H and O–H groups in total. The van der Waals surface area contributed by atoms with Crippen molar-refractivity contribution in [3.8, 4) is 0 Å². The number of sulfonamides is 1. The predicted molar refractivity (Wildman–Crippen MR) is 163 cm³/mol. The van der Waals surface area contributed by atoms with Crippen molar-refractivity contribution in [3.05, 3.63) is 137 Å². The molecule has 0 aromatic heterocycles. The normalized spacial score (nSPS) is 19.1. The number of nitrogens with zero attached hydrogens (tertiary/aromatic N) is 2. The minimum absolute atomic E-state index is 0.0221. The van der Waals surface area contributed by atoms with Gasteiger partial charge < -0.3 is 0 Å². The number of carbonyl (C=O) groups excluding carboxylic acids is 1. The first-order valence-corrected chi connectivity index (χ1v) is 15.8. The monoisotopic (exact) mass is 651 g/mol. The highest BCUT2D eigenvalue weighted by Crippen LogP contribution is 2.45. The van der Waals surface area contributed by atoms with Crippen LogP contribution in [0, 0.1) is 17.6 Å². The number of alkyl halides is 3. The molecule has 236 valence electrons. The van der Waals surface area contributed by atoms with E-state index in [9.17, 15) is 35.2 Å². The van der Waals surface area contributed by atoms with E-state index < -0.39 is 39.5 Å². The van der Waals surface area contributed by atoms with Crippen molar-refractivity contribution in [2.24, 2.45) is 11.0 Å². The van der Waals surface area contributed by atoms with Gasteiger partial charge in [-0.05, 0) is 103 Å². The van der Waals surface area contributed by atoms with E-state index in [2.05, 4.69) is 4.72 Å². The number of hydrazone groups is 1. The third-order valence-electron chi connectivity index (χ3n) is 7.97. The molecule has 0 unspecified atom stereocenters. The summed E-state index contributed by atoms with van der Waals surface area (Å²) in [7, 11) is -4.39. The van der Waals surface area contributed by atoms with Gasteiger partial charge in [0, 0.05) is 17.2 Å². The van der Waals surface area contributed by atoms with Gasteiger partial charge in [0.2, 0.25) is 0 Å². The minimum Gasteiger partial charge on any atom is -0.280 e. The van der Waals surface area contributed by atoms with Gasteiger partial charge in [0.25, 0.3) is 15.9 Å². The molecule has 6 rings (SSSR count). The van der Waals surface area contributed by atoms with Crippen molar-refractivity contribution < 1.29 is 35.2 Å². The summed E-state index contributed by atoms with van der Waals surface area (Å²) in [6, 6.07) is 20.0. The first-order valence-electron chi connectivity index (χ1n) is 14.3. The van der Waals surface area contributed by atoms with Gasteiger partial charge >= 0.3 is 6.18 Å². The summed E-state index contributed by atoms with van der Waals surface area (Å²) < 4.78 is 95.5. The smallest absolute Gasteiger partial charge is 0.280 e. The average molecular weight is 652 g/mol. The van der Waals surface area contributed by atoms with Crippen molar-refractivity contribution in [1.82, 2.24) is 5.01 Å². The van der Waals surface area contributed by atoms with Gasteiger partial charge in [-0.15, -0.1) is 0 Å². The fourth-order valence-electron chi connectivity index (χ4n) is 5.82. The molecule has 0 spiro atoms. The second-order valence-electron chi connectivity index (χ2n) is 11.1. The predicted octanol–water partition coefficient (Wildman–Crippen LogP) is 8.22. The van der Waals surface area contributed by atoms with Gasteiger partial charge in [-0.1, -0.05) is 36.4 Å². The summed E-state index contributed by atoms with van der Waals surface area (Å²) in [6.07, 6.45) is -0.643. The maximum atomic E-state index is 14.1. The second kappa shape index (κ2) is 12.2. The molecule has 46 heavy (non-hydrogen) atoms. The first-order chi connectivity index (χ1) is 21.9. The number of anilines is 1. The maximum absolute atomic E-state index is 14.1. The van der Waals surface area contributed by atoms with Crippen LogP contribution in [0.15, 0.2) is 113 Å². The number of carbonyl (C=O) groups is 1. The van der Waals surface area contributed by atoms with Crippen LogP contribution in [0.4, 0.5) is 27.6 Å². The van der Waals surface area contributed by atoms with Crippen LogP contribution in [0.1, 0.15) is 52.4 Å². The van der Waals surface area contributed by atoms with Crippen LogP contribution in [0.2, 0.25) is 0 Å². The molecule has 1 saturated carbocycles. The SMILES string of the molecule is O=C(c1cccc(S(=O)(=O)Nc2cccc(C(F)(F)F)c2)c1)N1N=C2/C(=C/c3ccc(F)cc3)CCC[C@H]2[C@H]1c1ccc(F)cc1. The average Bonchev–Trinajstić information content (AvgIpc) is 3.42. The molecular weight excluding hydrogens is 625 g/mol. The zero-order valence-corrected chi connectivity index (χ0v) is 24.8. The summed E-state index contributed by atoms with van der Waals surface area (Å²) in [5.74, 6) is -1.69. The molecule has 1 heterocycles. The topological polar surface area (TPSA) is 78.8 Å². The fourth-order valence-corrected chi connectivity index (χ4v) is 6.92. The number of hydrogen-bond acceptors (Lipinski definition) is 4. The third kappa shape index (κ3) is 6.43. The lowest BCUT2D eigenvalue weighted by Gasteiger charge is -2.29. The van der Waals surface area contributed by atoms with Crippen LogP contribution in [0.3, 0.4) is 0 Å². The lowest BCUT2D eigenvalue weighted by Crippen LogP contribution is -2.32. The van der Waals surface area contributed by atoms with Crippen molar-refractivity contribution in [2.75, 3.05) is 4.72 Å². The second-order valence-corrected chi connectivity index (χ2v) is 12.7. The Bertz CT molecular complexity index is 1960. The van der Waals surface area contributed by atoms with Gasteiger partial charge in [0.05, 0.1) is 22.2 Å². The highest BCUT2D eigenvalue weighted by atomic mass is 32.2. The van der Waals surface area contributed by atoms with Gasteiger partial charge in [-0.2, -0.15) is 18.3 Å². The van der Waals surface area contributed by atoms with E-state index in [1.54, 1.807) is 24.3 Å². The van der Waals surface area contributed by atoms with E-state index in [0.717, 1.165) is 35.8 Å². The van der Waals surface area contributed by atoms with E-state index in [1.165, 1.54) is 53.5 Å². The zero-order valence-electron chi connectivity index (χ0n) is 24.0. The largest absolute Gasteiger partial charge is 0.416 e. The van der Waals surface area contributed by atoms with Gasteiger partial charge in [0.15, 0.2) is 0 Å². The minimum atomic E-state index is -4.67. The number of amides is 1. The van der Waals surface area contributed by atoms with E-state index in [1.807, 2.05) is 6.08 Å². The van der Waals surface area contributed by atoms with Crippen molar-refractivity contribution >= 4 is 33.4 Å². The number of fused-ring (bicyclic) bond motifs is 1. The summed E-state index contributed by atoms with van der Waals surface area (Å²) in [5, 5.41) is 6.03. The number of allylic oxidation sites excluding steroid dienone is 1. The van der Waals surface area contributed by atoms with Crippen molar-refractivity contribution in [3.63, 3.8) is 0 Å². The highest BCUT2D eigenvalue weighted by Gasteiger charge is 2.44. The molecule has 4 aromatic carbocycles. The van der Waals surface area contributed by atoms with E-state index >= 15 is 0 Å². The molecule has 6 nitrogen and oxygen atoms in total. The van der Waals surface area contributed by atoms with Crippen LogP contribution in [-0.2, 0) is 16.2 Å². The molecule has 2 atom stereocenters. The number of nitrogens with one attached hydrogen (secondary N) is 1. The summed E-state index contributed by atoms with van der Waals surface area (Å²) in [4.78, 5) is 13.7. The summed E-state index contributed by atoms with van der Waals surface area (Å²) in [5.41, 5.74) is 1.58. The maximum Gasteiger partial charge on any atom is 0.416 e. The van der Waals surface area contributed by atoms with Crippen molar-refractivity contribution in [2.45, 2.75) is 36.4 Å². The molecule has 1 aliphatic heterocycles. The standard InChI is InChI=1S/C34H26F5N3O3S/c35-26-14-10-21(11-15-26)18-23-4-2-9-30-31(23)40-42(32(30)22-12-16-27(36)17-13-22)33(43)24-5-1-8-29(19-24)46(44,45)41-28-7-3-6-25(20-28)34(37,38)39/h1,3,5-8,10-20,30,32,41H,2,4,9H2/b23-18+/t30-,32-/m1/s1. The zero-order chi connectivity index (χ0) is 32.6. The molecule has 12 heteroatoms. The van der Waals surface area contributed by atoms with Crippen LogP contribution in [-0.4, -0.2) is 25.0 Å². The molecule has 1 aliphatic carbocycles. The Morgan fingerprint density at radius 3 is 2.26 bits per heavy atom. The molecule has 0 bridgehead atoms. The Kier molecular flexibility index (Phi) is 8.24. The molecule has 1 amide bonds. The van der Waals surface area contributed by atoms with Crippen molar-refractivity contribution in [1.29, 1.82) is 0 Å². The Balaban J connectivity index is 1.35. The number of rotatable bonds is 6. The Labute approximate surface area is 261 Å². The lowest BCUT2D eigenvalue weighted by atomic mass is 9.77. The fraction of sp³-hybridized carbons (Fsp3) is 0.176. The number of hydrogen-bond donors (Lipinski definition) is 1. The van der Waals surface area contributed by atoms with Gasteiger partial charge in [-0.3, -0.25) is 9.52 Å². The van der Waals surface area contributed by atoms with Crippen LogP contribution in [0.5, 0.6) is 0 Å². The van der Waals surface area contributed by atoms with E-state index in [-0.39, 0.29) is 27.9 Å². The van der Waals surface area contributed by atoms with Crippen LogP contribution < -0.4 is 4.72 Å². The Morgan fingerprint density at radius 2 is 1.57 bits per heavy atom. The molecule has 2 aliphatic rings. The van der Waals surface area contributed by atoms with Crippen LogP contribution >= 0.6 is 0 Å².